The van der Waals surface area contributed by atoms with Gasteiger partial charge in [0.1, 0.15) is 0 Å². The molecule has 0 radical (unpaired) electrons. The Morgan fingerprint density at radius 1 is 1.30 bits per heavy atom. The average molecular weight is 282 g/mol. The molecule has 0 aromatic carbocycles. The Labute approximate surface area is 122 Å². The molecule has 4 heteroatoms. The number of rotatable bonds is 6. The van der Waals surface area contributed by atoms with E-state index in [0.717, 1.165) is 26.1 Å². The highest BCUT2D eigenvalue weighted by Crippen LogP contribution is 2.29. The molecule has 1 heterocycles. The number of hydrogen-bond acceptors (Lipinski definition) is 3. The smallest absolute Gasteiger partial charge is 0.303 e. The Bertz CT molecular complexity index is 314. The molecule has 1 aliphatic carbocycles. The second kappa shape index (κ2) is 7.41. The molecule has 1 saturated carbocycles. The molecule has 2 N–H and O–H groups in total. The van der Waals surface area contributed by atoms with E-state index in [1.54, 1.807) is 0 Å². The fraction of sp³-hybridized carbons (Fsp3) is 0.938. The molecule has 20 heavy (non-hydrogen) atoms. The molecule has 2 unspecified atom stereocenters. The van der Waals surface area contributed by atoms with Crippen LogP contribution in [0.25, 0.3) is 0 Å². The van der Waals surface area contributed by atoms with Crippen LogP contribution in [-0.2, 0) is 4.79 Å². The average Bonchev–Trinajstić information content (AvgIpc) is 2.89. The summed E-state index contributed by atoms with van der Waals surface area (Å²) in [5.41, 5.74) is 0. The molecular formula is C16H30N2O2. The van der Waals surface area contributed by atoms with Crippen LogP contribution in [0.5, 0.6) is 0 Å². The molecule has 116 valence electrons. The van der Waals surface area contributed by atoms with Crippen LogP contribution in [0.1, 0.15) is 52.4 Å². The van der Waals surface area contributed by atoms with Crippen LogP contribution in [0.3, 0.4) is 0 Å². The minimum Gasteiger partial charge on any atom is -0.481 e. The van der Waals surface area contributed by atoms with E-state index in [1.165, 1.54) is 25.7 Å². The summed E-state index contributed by atoms with van der Waals surface area (Å²) in [7, 11) is 0. The van der Waals surface area contributed by atoms with Crippen molar-refractivity contribution in [1.29, 1.82) is 0 Å². The number of aliphatic carboxylic acids is 1. The summed E-state index contributed by atoms with van der Waals surface area (Å²) in [6.07, 6.45) is 6.63. The lowest BCUT2D eigenvalue weighted by molar-refractivity contribution is -0.138. The second-order valence-corrected chi connectivity index (χ2v) is 7.09. The molecule has 0 spiro atoms. The van der Waals surface area contributed by atoms with Gasteiger partial charge < -0.3 is 10.4 Å². The Balaban J connectivity index is 1.92. The maximum atomic E-state index is 11.0. The number of nitrogens with zero attached hydrogens (tertiary/aromatic N) is 1. The van der Waals surface area contributed by atoms with Crippen molar-refractivity contribution in [1.82, 2.24) is 10.2 Å². The van der Waals surface area contributed by atoms with Gasteiger partial charge in [0.05, 0.1) is 0 Å². The molecule has 0 amide bonds. The molecular weight excluding hydrogens is 252 g/mol. The molecule has 0 aromatic rings. The van der Waals surface area contributed by atoms with Crippen molar-refractivity contribution in [3.05, 3.63) is 0 Å². The Morgan fingerprint density at radius 2 is 2.00 bits per heavy atom. The zero-order chi connectivity index (χ0) is 14.5. The third-order valence-corrected chi connectivity index (χ3v) is 4.68. The zero-order valence-electron chi connectivity index (χ0n) is 13.0. The highest BCUT2D eigenvalue weighted by Gasteiger charge is 2.33. The normalized spacial score (nSPS) is 29.1. The van der Waals surface area contributed by atoms with Crippen LogP contribution in [0, 0.1) is 11.8 Å². The molecule has 0 aromatic heterocycles. The van der Waals surface area contributed by atoms with Crippen molar-refractivity contribution in [3.63, 3.8) is 0 Å². The van der Waals surface area contributed by atoms with Crippen molar-refractivity contribution in [3.8, 4) is 0 Å². The van der Waals surface area contributed by atoms with E-state index in [-0.39, 0.29) is 0 Å². The van der Waals surface area contributed by atoms with Crippen molar-refractivity contribution in [2.24, 2.45) is 11.8 Å². The summed E-state index contributed by atoms with van der Waals surface area (Å²) in [6.45, 7) is 7.56. The fourth-order valence-corrected chi connectivity index (χ4v) is 3.75. The highest BCUT2D eigenvalue weighted by molar-refractivity contribution is 5.67. The fourth-order valence-electron chi connectivity index (χ4n) is 3.75. The van der Waals surface area contributed by atoms with E-state index in [1.807, 2.05) is 0 Å². The van der Waals surface area contributed by atoms with E-state index in [4.69, 9.17) is 5.11 Å². The van der Waals surface area contributed by atoms with Gasteiger partial charge in [-0.05, 0) is 37.6 Å². The molecule has 2 rings (SSSR count). The topological polar surface area (TPSA) is 52.6 Å². The standard InChI is InChI=1S/C16H30N2O2/c1-12(2)9-17-14-7-13(8-16(19)20)10-18(11-14)15-5-3-4-6-15/h12-15,17H,3-11H2,1-2H3,(H,19,20). The quantitative estimate of drug-likeness (QED) is 0.785. The summed E-state index contributed by atoms with van der Waals surface area (Å²) in [4.78, 5) is 13.6. The molecule has 2 fully saturated rings. The number of nitrogens with one attached hydrogen (secondary N) is 1. The van der Waals surface area contributed by atoms with E-state index in [2.05, 4.69) is 24.1 Å². The van der Waals surface area contributed by atoms with Gasteiger partial charge in [0.2, 0.25) is 0 Å². The third-order valence-electron chi connectivity index (χ3n) is 4.68. The predicted octanol–water partition coefficient (Wildman–Crippen LogP) is 2.34. The number of carboxylic acids is 1. The van der Waals surface area contributed by atoms with E-state index >= 15 is 0 Å². The highest BCUT2D eigenvalue weighted by atomic mass is 16.4. The number of carbonyl (C=O) groups is 1. The first-order chi connectivity index (χ1) is 9.54. The van der Waals surface area contributed by atoms with Gasteiger partial charge in [-0.15, -0.1) is 0 Å². The van der Waals surface area contributed by atoms with Gasteiger partial charge in [0, 0.05) is 31.6 Å². The summed E-state index contributed by atoms with van der Waals surface area (Å²) in [6, 6.07) is 1.17. The first-order valence-electron chi connectivity index (χ1n) is 8.23. The van der Waals surface area contributed by atoms with E-state index < -0.39 is 5.97 Å². The molecule has 4 nitrogen and oxygen atoms in total. The number of carboxylic acid groups (broad SMARTS) is 1. The maximum absolute atomic E-state index is 11.0. The maximum Gasteiger partial charge on any atom is 0.303 e. The number of piperidine rings is 1. The van der Waals surface area contributed by atoms with Crippen LogP contribution >= 0.6 is 0 Å². The van der Waals surface area contributed by atoms with Crippen molar-refractivity contribution in [2.45, 2.75) is 64.5 Å². The summed E-state index contributed by atoms with van der Waals surface area (Å²) in [5.74, 6) is 0.312. The molecule has 0 bridgehead atoms. The van der Waals surface area contributed by atoms with Gasteiger partial charge in [-0.3, -0.25) is 9.69 Å². The largest absolute Gasteiger partial charge is 0.481 e. The zero-order valence-corrected chi connectivity index (χ0v) is 13.0. The summed E-state index contributed by atoms with van der Waals surface area (Å²) >= 11 is 0. The lowest BCUT2D eigenvalue weighted by atomic mass is 9.90. The van der Waals surface area contributed by atoms with Gasteiger partial charge in [-0.1, -0.05) is 26.7 Å². The monoisotopic (exact) mass is 282 g/mol. The molecule has 1 saturated heterocycles. The Morgan fingerprint density at radius 3 is 2.60 bits per heavy atom. The lowest BCUT2D eigenvalue weighted by Crippen LogP contribution is -2.53. The first-order valence-corrected chi connectivity index (χ1v) is 8.23. The molecule has 1 aliphatic heterocycles. The summed E-state index contributed by atoms with van der Waals surface area (Å²) < 4.78 is 0. The minimum absolute atomic E-state index is 0.312. The van der Waals surface area contributed by atoms with Gasteiger partial charge in [0.25, 0.3) is 0 Å². The van der Waals surface area contributed by atoms with Crippen LogP contribution < -0.4 is 5.32 Å². The first kappa shape index (κ1) is 15.8. The number of likely N-dealkylation sites (tertiary alicyclic amines) is 1. The minimum atomic E-state index is -0.647. The van der Waals surface area contributed by atoms with E-state index in [9.17, 15) is 4.79 Å². The van der Waals surface area contributed by atoms with Crippen LogP contribution in [0.2, 0.25) is 0 Å². The van der Waals surface area contributed by atoms with Crippen LogP contribution in [0.15, 0.2) is 0 Å². The third kappa shape index (κ3) is 4.74. The van der Waals surface area contributed by atoms with Gasteiger partial charge in [0.15, 0.2) is 0 Å². The lowest BCUT2D eigenvalue weighted by Gasteiger charge is -2.41. The van der Waals surface area contributed by atoms with Crippen molar-refractivity contribution >= 4 is 5.97 Å². The Hall–Kier alpha value is -0.610. The number of hydrogen-bond donors (Lipinski definition) is 2. The van der Waals surface area contributed by atoms with Gasteiger partial charge in [-0.2, -0.15) is 0 Å². The van der Waals surface area contributed by atoms with Gasteiger partial charge in [-0.25, -0.2) is 0 Å². The SMILES string of the molecule is CC(C)CNC1CC(CC(=O)O)CN(C2CCCC2)C1. The van der Waals surface area contributed by atoms with Gasteiger partial charge >= 0.3 is 5.97 Å². The van der Waals surface area contributed by atoms with E-state index in [0.29, 0.717) is 30.3 Å². The van der Waals surface area contributed by atoms with Crippen molar-refractivity contribution < 1.29 is 9.90 Å². The Kier molecular flexibility index (Phi) is 5.85. The van der Waals surface area contributed by atoms with Crippen LogP contribution in [-0.4, -0.2) is 47.7 Å². The van der Waals surface area contributed by atoms with Crippen molar-refractivity contribution in [2.75, 3.05) is 19.6 Å². The second-order valence-electron chi connectivity index (χ2n) is 7.09. The summed E-state index contributed by atoms with van der Waals surface area (Å²) in [5, 5.41) is 12.7. The molecule has 2 atom stereocenters. The van der Waals surface area contributed by atoms with Crippen LogP contribution in [0.4, 0.5) is 0 Å². The predicted molar refractivity (Wildman–Crippen MR) is 80.8 cm³/mol. The molecule has 2 aliphatic rings.